The van der Waals surface area contributed by atoms with Gasteiger partial charge < -0.3 is 9.64 Å². The number of nitrogens with zero attached hydrogens (tertiary/aromatic N) is 1. The highest BCUT2D eigenvalue weighted by Gasteiger charge is 2.34. The molecule has 1 amide bonds. The van der Waals surface area contributed by atoms with E-state index in [4.69, 9.17) is 16.3 Å². The summed E-state index contributed by atoms with van der Waals surface area (Å²) in [4.78, 5) is 14.7. The number of ether oxygens (including phenoxy) is 1. The lowest BCUT2D eigenvalue weighted by molar-refractivity contribution is -0.145. The van der Waals surface area contributed by atoms with E-state index in [0.29, 0.717) is 18.1 Å². The first kappa shape index (κ1) is 20.2. The van der Waals surface area contributed by atoms with Crippen LogP contribution >= 0.6 is 11.6 Å². The second-order valence-electron chi connectivity index (χ2n) is 6.80. The first-order valence-electron chi connectivity index (χ1n) is 8.32. The monoisotopic (exact) mass is 388 g/mol. The van der Waals surface area contributed by atoms with Gasteiger partial charge in [-0.1, -0.05) is 25.4 Å². The van der Waals surface area contributed by atoms with Gasteiger partial charge >= 0.3 is 0 Å². The number of hydrogen-bond acceptors (Lipinski definition) is 4. The van der Waals surface area contributed by atoms with Crippen LogP contribution in [0.4, 0.5) is 0 Å². The molecule has 8 heteroatoms. The van der Waals surface area contributed by atoms with Crippen LogP contribution in [0, 0.1) is 5.92 Å². The number of hydrogen-bond donors (Lipinski definition) is 1. The average molecular weight is 389 g/mol. The van der Waals surface area contributed by atoms with Gasteiger partial charge in [0.05, 0.1) is 17.1 Å². The minimum Gasteiger partial charge on any atom is -0.372 e. The first-order valence-corrected chi connectivity index (χ1v) is 10.2. The molecule has 1 aromatic carbocycles. The molecule has 1 N–H and O–H groups in total. The highest BCUT2D eigenvalue weighted by Crippen LogP contribution is 2.18. The molecule has 0 saturated carbocycles. The zero-order valence-corrected chi connectivity index (χ0v) is 16.5. The number of rotatable bonds is 5. The van der Waals surface area contributed by atoms with Crippen LogP contribution in [0.5, 0.6) is 0 Å². The average Bonchev–Trinajstić information content (AvgIpc) is 2.51. The summed E-state index contributed by atoms with van der Waals surface area (Å²) in [6.45, 7) is 8.35. The van der Waals surface area contributed by atoms with E-state index in [9.17, 15) is 13.2 Å². The van der Waals surface area contributed by atoms with Crippen molar-refractivity contribution in [3.63, 3.8) is 0 Å². The van der Waals surface area contributed by atoms with Gasteiger partial charge in [-0.2, -0.15) is 4.72 Å². The van der Waals surface area contributed by atoms with Gasteiger partial charge in [-0.05, 0) is 44.0 Å². The Kier molecular flexibility index (Phi) is 6.48. The molecule has 1 heterocycles. The molecule has 0 aliphatic carbocycles. The van der Waals surface area contributed by atoms with E-state index in [1.165, 1.54) is 24.3 Å². The molecule has 1 aromatic rings. The van der Waals surface area contributed by atoms with Gasteiger partial charge in [0.25, 0.3) is 0 Å². The van der Waals surface area contributed by atoms with Gasteiger partial charge in [0.1, 0.15) is 6.04 Å². The van der Waals surface area contributed by atoms with Crippen LogP contribution in [0.3, 0.4) is 0 Å². The Morgan fingerprint density at radius 2 is 1.72 bits per heavy atom. The van der Waals surface area contributed by atoms with E-state index in [1.807, 2.05) is 27.7 Å². The molecule has 6 nitrogen and oxygen atoms in total. The third-order valence-corrected chi connectivity index (χ3v) is 5.78. The molecule has 0 aromatic heterocycles. The van der Waals surface area contributed by atoms with Crippen molar-refractivity contribution in [3.05, 3.63) is 29.3 Å². The minimum absolute atomic E-state index is 0.0756. The topological polar surface area (TPSA) is 75.7 Å². The molecule has 2 rings (SSSR count). The predicted octanol–water partition coefficient (Wildman–Crippen LogP) is 2.28. The van der Waals surface area contributed by atoms with E-state index in [2.05, 4.69) is 4.72 Å². The Morgan fingerprint density at radius 1 is 1.20 bits per heavy atom. The van der Waals surface area contributed by atoms with E-state index < -0.39 is 16.1 Å². The van der Waals surface area contributed by atoms with Crippen molar-refractivity contribution in [1.82, 2.24) is 9.62 Å². The Labute approximate surface area is 154 Å². The number of carbonyl (C=O) groups is 1. The lowest BCUT2D eigenvalue weighted by Gasteiger charge is -2.38. The van der Waals surface area contributed by atoms with E-state index in [-0.39, 0.29) is 28.9 Å². The molecule has 1 fully saturated rings. The molecule has 1 aliphatic heterocycles. The molecular weight excluding hydrogens is 364 g/mol. The Morgan fingerprint density at radius 3 is 2.20 bits per heavy atom. The summed E-state index contributed by atoms with van der Waals surface area (Å²) in [5.41, 5.74) is 0. The van der Waals surface area contributed by atoms with Crippen LogP contribution in [0.2, 0.25) is 5.02 Å². The van der Waals surface area contributed by atoms with Gasteiger partial charge in [-0.15, -0.1) is 0 Å². The second kappa shape index (κ2) is 8.03. The number of carbonyl (C=O) groups excluding carboxylic acids is 1. The third-order valence-electron chi connectivity index (χ3n) is 4.07. The zero-order valence-electron chi connectivity index (χ0n) is 14.9. The second-order valence-corrected chi connectivity index (χ2v) is 8.95. The van der Waals surface area contributed by atoms with Gasteiger partial charge in [-0.3, -0.25) is 4.79 Å². The highest BCUT2D eigenvalue weighted by molar-refractivity contribution is 7.89. The van der Waals surface area contributed by atoms with Crippen LogP contribution < -0.4 is 4.72 Å². The molecule has 1 saturated heterocycles. The molecule has 1 aliphatic rings. The minimum atomic E-state index is -3.82. The van der Waals surface area contributed by atoms with E-state index >= 15 is 0 Å². The summed E-state index contributed by atoms with van der Waals surface area (Å²) in [6.07, 6.45) is -0.151. The molecule has 3 atom stereocenters. The lowest BCUT2D eigenvalue weighted by Crippen LogP contribution is -2.56. The van der Waals surface area contributed by atoms with Gasteiger partial charge in [0.15, 0.2) is 0 Å². The number of benzene rings is 1. The molecule has 3 unspecified atom stereocenters. The van der Waals surface area contributed by atoms with Crippen molar-refractivity contribution >= 4 is 27.5 Å². The van der Waals surface area contributed by atoms with Gasteiger partial charge in [0, 0.05) is 18.1 Å². The third kappa shape index (κ3) is 5.17. The van der Waals surface area contributed by atoms with Crippen LogP contribution in [-0.2, 0) is 19.6 Å². The van der Waals surface area contributed by atoms with Crippen LogP contribution in [-0.4, -0.2) is 50.6 Å². The number of morpholine rings is 1. The smallest absolute Gasteiger partial charge is 0.241 e. The van der Waals surface area contributed by atoms with Crippen molar-refractivity contribution in [1.29, 1.82) is 0 Å². The fraction of sp³-hybridized carbons (Fsp3) is 0.588. The number of amides is 1. The number of nitrogens with one attached hydrogen (secondary N) is 1. The number of halogens is 1. The van der Waals surface area contributed by atoms with Crippen molar-refractivity contribution in [2.75, 3.05) is 13.1 Å². The highest BCUT2D eigenvalue weighted by atomic mass is 35.5. The maximum atomic E-state index is 12.9. The summed E-state index contributed by atoms with van der Waals surface area (Å²) in [7, 11) is -3.82. The summed E-state index contributed by atoms with van der Waals surface area (Å²) in [6, 6.07) is 5.02. The molecular formula is C17H25ClN2O4S. The van der Waals surface area contributed by atoms with Crippen molar-refractivity contribution < 1.29 is 17.9 Å². The lowest BCUT2D eigenvalue weighted by atomic mass is 10.0. The maximum absolute atomic E-state index is 12.9. The first-order chi connectivity index (χ1) is 11.6. The summed E-state index contributed by atoms with van der Waals surface area (Å²) in [5, 5.41) is 0.451. The van der Waals surface area contributed by atoms with Crippen LogP contribution in [0.1, 0.15) is 27.7 Å². The molecule has 140 valence electrons. The van der Waals surface area contributed by atoms with Crippen LogP contribution in [0.25, 0.3) is 0 Å². The van der Waals surface area contributed by atoms with Crippen LogP contribution in [0.15, 0.2) is 29.2 Å². The maximum Gasteiger partial charge on any atom is 0.241 e. The SMILES string of the molecule is CC1CN(C(=O)C(NS(=O)(=O)c2ccc(Cl)cc2)C(C)C)CC(C)O1. The summed E-state index contributed by atoms with van der Waals surface area (Å²) < 4.78 is 33.4. The molecule has 25 heavy (non-hydrogen) atoms. The standard InChI is InChI=1S/C17H25ClN2O4S/c1-11(2)16(17(21)20-9-12(3)24-13(4)10-20)19-25(22,23)15-7-5-14(18)6-8-15/h5-8,11-13,16,19H,9-10H2,1-4H3. The van der Waals surface area contributed by atoms with Gasteiger partial charge in [0.2, 0.25) is 15.9 Å². The fourth-order valence-electron chi connectivity index (χ4n) is 2.88. The number of sulfonamides is 1. The molecule has 0 spiro atoms. The van der Waals surface area contributed by atoms with Crippen molar-refractivity contribution in [2.24, 2.45) is 5.92 Å². The molecule has 0 radical (unpaired) electrons. The zero-order chi connectivity index (χ0) is 18.8. The van der Waals surface area contributed by atoms with Gasteiger partial charge in [-0.25, -0.2) is 8.42 Å². The van der Waals surface area contributed by atoms with Crippen molar-refractivity contribution in [2.45, 2.75) is 50.8 Å². The summed E-state index contributed by atoms with van der Waals surface area (Å²) in [5.74, 6) is -0.419. The summed E-state index contributed by atoms with van der Waals surface area (Å²) >= 11 is 5.81. The fourth-order valence-corrected chi connectivity index (χ4v) is 4.34. The normalized spacial score (nSPS) is 22.9. The van der Waals surface area contributed by atoms with Crippen molar-refractivity contribution in [3.8, 4) is 0 Å². The van der Waals surface area contributed by atoms with E-state index in [0.717, 1.165) is 0 Å². The molecule has 0 bridgehead atoms. The van der Waals surface area contributed by atoms with E-state index in [1.54, 1.807) is 4.90 Å². The Hall–Kier alpha value is -1.15. The Bertz CT molecular complexity index is 696. The largest absolute Gasteiger partial charge is 0.372 e. The quantitative estimate of drug-likeness (QED) is 0.839. The predicted molar refractivity (Wildman–Crippen MR) is 97.0 cm³/mol. The Balaban J connectivity index is 2.20.